The predicted octanol–water partition coefficient (Wildman–Crippen LogP) is 1.68. The van der Waals surface area contributed by atoms with Crippen molar-refractivity contribution in [3.63, 3.8) is 0 Å². The molecule has 1 fully saturated rings. The Morgan fingerprint density at radius 2 is 2.45 bits per heavy atom. The van der Waals surface area contributed by atoms with Crippen LogP contribution in [0.4, 0.5) is 4.79 Å². The van der Waals surface area contributed by atoms with Gasteiger partial charge in [0.1, 0.15) is 0 Å². The third kappa shape index (κ3) is 4.56. The van der Waals surface area contributed by atoms with Gasteiger partial charge >= 0.3 is 6.03 Å². The van der Waals surface area contributed by atoms with Gasteiger partial charge in [-0.25, -0.2) is 4.79 Å². The summed E-state index contributed by atoms with van der Waals surface area (Å²) in [6.45, 7) is 4.34. The van der Waals surface area contributed by atoms with Crippen LogP contribution in [0.3, 0.4) is 0 Å². The number of carbonyl (C=O) groups excluding carboxylic acids is 1. The maximum absolute atomic E-state index is 11.8. The Morgan fingerprint density at radius 3 is 3.10 bits per heavy atom. The van der Waals surface area contributed by atoms with E-state index in [1.807, 2.05) is 26.2 Å². The molecule has 5 heteroatoms. The number of carbonyl (C=O) groups is 1. The number of aromatic nitrogens is 1. The summed E-state index contributed by atoms with van der Waals surface area (Å²) in [5, 5.41) is 5.91. The summed E-state index contributed by atoms with van der Waals surface area (Å²) in [5.74, 6) is 0.472. The number of urea groups is 1. The summed E-state index contributed by atoms with van der Waals surface area (Å²) >= 11 is 0. The van der Waals surface area contributed by atoms with Crippen LogP contribution in [-0.4, -0.2) is 36.4 Å². The zero-order chi connectivity index (χ0) is 14.4. The van der Waals surface area contributed by atoms with Crippen molar-refractivity contribution in [3.05, 3.63) is 24.0 Å². The first kappa shape index (κ1) is 14.9. The number of hydrogen-bond donors (Lipinski definition) is 2. The van der Waals surface area contributed by atoms with E-state index in [0.29, 0.717) is 12.5 Å². The molecule has 2 heterocycles. The number of ether oxygens (including phenoxy) is 1. The van der Waals surface area contributed by atoms with Gasteiger partial charge in [0.05, 0.1) is 6.61 Å². The molecule has 1 aromatic rings. The van der Waals surface area contributed by atoms with Gasteiger partial charge in [-0.2, -0.15) is 0 Å². The van der Waals surface area contributed by atoms with Gasteiger partial charge in [0.2, 0.25) is 0 Å². The minimum Gasteiger partial charge on any atom is -0.381 e. The fourth-order valence-corrected chi connectivity index (χ4v) is 2.45. The van der Waals surface area contributed by atoms with Crippen molar-refractivity contribution in [3.8, 4) is 0 Å². The maximum Gasteiger partial charge on any atom is 0.315 e. The van der Waals surface area contributed by atoms with Crippen LogP contribution in [0.1, 0.15) is 25.5 Å². The Bertz CT molecular complexity index is 425. The second-order valence-electron chi connectivity index (χ2n) is 5.63. The molecule has 1 saturated heterocycles. The second-order valence-corrected chi connectivity index (χ2v) is 5.63. The number of rotatable bonds is 6. The minimum atomic E-state index is -0.0729. The smallest absolute Gasteiger partial charge is 0.315 e. The van der Waals surface area contributed by atoms with Gasteiger partial charge in [0, 0.05) is 44.0 Å². The van der Waals surface area contributed by atoms with Crippen molar-refractivity contribution < 1.29 is 9.53 Å². The fraction of sp³-hybridized carbons (Fsp3) is 0.667. The SMILES string of the molecule is C[C@H](CCc1cccn1C)NC(=O)NC[C@H]1CCOC1. The van der Waals surface area contributed by atoms with Crippen molar-refractivity contribution in [2.45, 2.75) is 32.2 Å². The monoisotopic (exact) mass is 279 g/mol. The molecule has 2 atom stereocenters. The molecule has 0 radical (unpaired) electrons. The fourth-order valence-electron chi connectivity index (χ4n) is 2.45. The molecule has 1 aliphatic heterocycles. The molecule has 112 valence electrons. The second kappa shape index (κ2) is 7.33. The van der Waals surface area contributed by atoms with Crippen molar-refractivity contribution >= 4 is 6.03 Å². The zero-order valence-corrected chi connectivity index (χ0v) is 12.4. The molecule has 0 unspecified atom stereocenters. The van der Waals surface area contributed by atoms with Crippen LogP contribution < -0.4 is 10.6 Å². The van der Waals surface area contributed by atoms with E-state index in [2.05, 4.69) is 21.3 Å². The molecule has 0 aromatic carbocycles. The lowest BCUT2D eigenvalue weighted by Crippen LogP contribution is -2.42. The lowest BCUT2D eigenvalue weighted by Gasteiger charge is -2.16. The number of hydrogen-bond acceptors (Lipinski definition) is 2. The Morgan fingerprint density at radius 1 is 1.60 bits per heavy atom. The lowest BCUT2D eigenvalue weighted by molar-refractivity contribution is 0.185. The average molecular weight is 279 g/mol. The van der Waals surface area contributed by atoms with Crippen molar-refractivity contribution in [2.75, 3.05) is 19.8 Å². The molecule has 0 aliphatic carbocycles. The molecular formula is C15H25N3O2. The Balaban J connectivity index is 1.62. The topological polar surface area (TPSA) is 55.3 Å². The summed E-state index contributed by atoms with van der Waals surface area (Å²) in [7, 11) is 2.05. The van der Waals surface area contributed by atoms with Crippen LogP contribution in [0.15, 0.2) is 18.3 Å². The van der Waals surface area contributed by atoms with Gasteiger partial charge in [-0.15, -0.1) is 0 Å². The summed E-state index contributed by atoms with van der Waals surface area (Å²) in [5.41, 5.74) is 1.29. The number of amides is 2. The Labute approximate surface area is 120 Å². The standard InChI is InChI=1S/C15H25N3O2/c1-12(5-6-14-4-3-8-18(14)2)17-15(19)16-10-13-7-9-20-11-13/h3-4,8,12-13H,5-7,9-11H2,1-2H3,(H2,16,17,19)/t12-,13-/m1/s1. The highest BCUT2D eigenvalue weighted by atomic mass is 16.5. The van der Waals surface area contributed by atoms with E-state index in [0.717, 1.165) is 32.5 Å². The largest absolute Gasteiger partial charge is 0.381 e. The number of nitrogens with zero attached hydrogens (tertiary/aromatic N) is 1. The summed E-state index contributed by atoms with van der Waals surface area (Å²) in [4.78, 5) is 11.8. The van der Waals surface area contributed by atoms with E-state index in [1.165, 1.54) is 5.69 Å². The van der Waals surface area contributed by atoms with Crippen LogP contribution in [0.25, 0.3) is 0 Å². The first-order chi connectivity index (χ1) is 9.65. The number of aryl methyl sites for hydroxylation is 2. The highest BCUT2D eigenvalue weighted by molar-refractivity contribution is 5.74. The minimum absolute atomic E-state index is 0.0729. The summed E-state index contributed by atoms with van der Waals surface area (Å²) < 4.78 is 7.41. The molecular weight excluding hydrogens is 254 g/mol. The van der Waals surface area contributed by atoms with Crippen LogP contribution in [0.2, 0.25) is 0 Å². The Kier molecular flexibility index (Phi) is 5.47. The predicted molar refractivity (Wildman–Crippen MR) is 78.7 cm³/mol. The normalized spacial score (nSPS) is 19.8. The molecule has 2 N–H and O–H groups in total. The molecule has 1 aliphatic rings. The van der Waals surface area contributed by atoms with Crippen molar-refractivity contribution in [2.24, 2.45) is 13.0 Å². The van der Waals surface area contributed by atoms with Gasteiger partial charge in [-0.1, -0.05) is 0 Å². The van der Waals surface area contributed by atoms with Crippen LogP contribution in [0.5, 0.6) is 0 Å². The Hall–Kier alpha value is -1.49. The molecule has 0 saturated carbocycles. The third-order valence-corrected chi connectivity index (χ3v) is 3.84. The van der Waals surface area contributed by atoms with Gasteiger partial charge < -0.3 is 19.9 Å². The van der Waals surface area contributed by atoms with Crippen LogP contribution in [0, 0.1) is 5.92 Å². The molecule has 1 aromatic heterocycles. The molecule has 0 bridgehead atoms. The van der Waals surface area contributed by atoms with Crippen LogP contribution >= 0.6 is 0 Å². The van der Waals surface area contributed by atoms with Gasteiger partial charge in [0.25, 0.3) is 0 Å². The quantitative estimate of drug-likeness (QED) is 0.832. The third-order valence-electron chi connectivity index (χ3n) is 3.84. The summed E-state index contributed by atoms with van der Waals surface area (Å²) in [6.07, 6.45) is 5.01. The maximum atomic E-state index is 11.8. The van der Waals surface area contributed by atoms with E-state index in [9.17, 15) is 4.79 Å². The molecule has 2 amide bonds. The van der Waals surface area contributed by atoms with E-state index in [4.69, 9.17) is 4.74 Å². The van der Waals surface area contributed by atoms with Gasteiger partial charge in [-0.05, 0) is 38.3 Å². The molecule has 0 spiro atoms. The highest BCUT2D eigenvalue weighted by Crippen LogP contribution is 2.10. The van der Waals surface area contributed by atoms with E-state index < -0.39 is 0 Å². The highest BCUT2D eigenvalue weighted by Gasteiger charge is 2.16. The van der Waals surface area contributed by atoms with Gasteiger partial charge in [0.15, 0.2) is 0 Å². The zero-order valence-electron chi connectivity index (χ0n) is 12.4. The van der Waals surface area contributed by atoms with E-state index >= 15 is 0 Å². The lowest BCUT2D eigenvalue weighted by atomic mass is 10.1. The number of nitrogens with one attached hydrogen (secondary N) is 2. The molecule has 20 heavy (non-hydrogen) atoms. The van der Waals surface area contributed by atoms with Gasteiger partial charge in [-0.3, -0.25) is 0 Å². The first-order valence-electron chi connectivity index (χ1n) is 7.37. The van der Waals surface area contributed by atoms with E-state index in [-0.39, 0.29) is 12.1 Å². The van der Waals surface area contributed by atoms with E-state index in [1.54, 1.807) is 0 Å². The van der Waals surface area contributed by atoms with Crippen molar-refractivity contribution in [1.29, 1.82) is 0 Å². The molecule has 5 nitrogen and oxygen atoms in total. The van der Waals surface area contributed by atoms with Crippen LogP contribution in [-0.2, 0) is 18.2 Å². The van der Waals surface area contributed by atoms with Crippen molar-refractivity contribution in [1.82, 2.24) is 15.2 Å². The average Bonchev–Trinajstić information content (AvgIpc) is 3.05. The first-order valence-corrected chi connectivity index (χ1v) is 7.37. The summed E-state index contributed by atoms with van der Waals surface area (Å²) in [6, 6.07) is 4.26. The molecule has 2 rings (SSSR count).